The van der Waals surface area contributed by atoms with Crippen LogP contribution < -0.4 is 21.5 Å². The zero-order valence-electron chi connectivity index (χ0n) is 19.3. The van der Waals surface area contributed by atoms with Gasteiger partial charge in [0.2, 0.25) is 0 Å². The molecule has 0 bridgehead atoms. The molecule has 37 heavy (non-hydrogen) atoms. The lowest BCUT2D eigenvalue weighted by Crippen LogP contribution is -2.42. The van der Waals surface area contributed by atoms with Crippen LogP contribution in [0.1, 0.15) is 24.4 Å². The van der Waals surface area contributed by atoms with Gasteiger partial charge in [0.05, 0.1) is 16.2 Å². The highest BCUT2D eigenvalue weighted by Crippen LogP contribution is 2.39. The van der Waals surface area contributed by atoms with Crippen LogP contribution in [0, 0.1) is 26.4 Å². The van der Waals surface area contributed by atoms with E-state index in [-0.39, 0.29) is 38.8 Å². The summed E-state index contributed by atoms with van der Waals surface area (Å²) in [5.74, 6) is -1.11. The normalized spacial score (nSPS) is 13.2. The highest BCUT2D eigenvalue weighted by Gasteiger charge is 2.33. The molecule has 1 saturated carbocycles. The second kappa shape index (κ2) is 9.10. The number of halogens is 3. The molecule has 2 aromatic carbocycles. The topological polar surface area (TPSA) is 118 Å². The van der Waals surface area contributed by atoms with Gasteiger partial charge >= 0.3 is 5.69 Å². The fourth-order valence-electron chi connectivity index (χ4n) is 4.25. The molecule has 0 radical (unpaired) electrons. The van der Waals surface area contributed by atoms with Gasteiger partial charge in [0.1, 0.15) is 16.9 Å². The Hall–Kier alpha value is -3.52. The summed E-state index contributed by atoms with van der Waals surface area (Å²) < 4.78 is 24.8. The van der Waals surface area contributed by atoms with Crippen LogP contribution in [0.4, 0.5) is 10.1 Å². The Morgan fingerprint density at radius 3 is 2.49 bits per heavy atom. The Bertz CT molecular complexity index is 1830. The summed E-state index contributed by atoms with van der Waals surface area (Å²) in [6, 6.07) is 7.70. The molecule has 0 unspecified atom stereocenters. The maximum Gasteiger partial charge on any atom is 0.337 e. The Kier molecular flexibility index (Phi) is 6.18. The van der Waals surface area contributed by atoms with Gasteiger partial charge in [-0.05, 0) is 66.6 Å². The van der Waals surface area contributed by atoms with E-state index in [2.05, 4.69) is 0 Å². The van der Waals surface area contributed by atoms with E-state index >= 15 is 4.39 Å². The average molecular weight is 639 g/mol. The first kappa shape index (κ1) is 25.1. The quantitative estimate of drug-likeness (QED) is 0.179. The number of fused-ring (bicyclic) bond motifs is 1. The molecule has 1 fully saturated rings. The van der Waals surface area contributed by atoms with Gasteiger partial charge in [-0.2, -0.15) is 0 Å². The van der Waals surface area contributed by atoms with Crippen LogP contribution >= 0.6 is 34.2 Å². The van der Waals surface area contributed by atoms with E-state index in [4.69, 9.17) is 16.3 Å². The predicted octanol–water partition coefficient (Wildman–Crippen LogP) is 4.59. The summed E-state index contributed by atoms with van der Waals surface area (Å²) in [7, 11) is 1.36. The van der Waals surface area contributed by atoms with Crippen molar-refractivity contribution in [3.63, 3.8) is 0 Å². The highest BCUT2D eigenvalue weighted by molar-refractivity contribution is 14.1. The van der Waals surface area contributed by atoms with Crippen molar-refractivity contribution >= 4 is 50.9 Å². The fraction of sp³-hybridized carbons (Fsp3) is 0.208. The third-order valence-corrected chi connectivity index (χ3v) is 7.24. The molecule has 2 aromatic heterocycles. The molecule has 1 aliphatic carbocycles. The van der Waals surface area contributed by atoms with Crippen LogP contribution in [0.25, 0.3) is 16.7 Å². The summed E-state index contributed by atoms with van der Waals surface area (Å²) in [5.41, 5.74) is -2.89. The van der Waals surface area contributed by atoms with Gasteiger partial charge in [0.15, 0.2) is 16.5 Å². The van der Waals surface area contributed by atoms with E-state index in [9.17, 15) is 24.5 Å². The van der Waals surface area contributed by atoms with Crippen LogP contribution in [-0.4, -0.2) is 18.6 Å². The number of hydrogen-bond donors (Lipinski definition) is 0. The van der Waals surface area contributed by atoms with E-state index < -0.39 is 39.3 Å². The predicted molar refractivity (Wildman–Crippen MR) is 143 cm³/mol. The third-order valence-electron chi connectivity index (χ3n) is 6.19. The third kappa shape index (κ3) is 4.03. The van der Waals surface area contributed by atoms with Crippen molar-refractivity contribution in [1.82, 2.24) is 13.7 Å². The lowest BCUT2D eigenvalue weighted by molar-refractivity contribution is -0.384. The number of nitro groups is 1. The van der Waals surface area contributed by atoms with E-state index in [0.717, 1.165) is 13.7 Å². The molecule has 0 N–H and O–H groups in total. The van der Waals surface area contributed by atoms with E-state index in [1.807, 2.05) is 22.6 Å². The maximum atomic E-state index is 15.2. The molecule has 4 aromatic rings. The van der Waals surface area contributed by atoms with Crippen molar-refractivity contribution in [2.24, 2.45) is 7.05 Å². The number of aryl methyl sites for hydroxylation is 1. The van der Waals surface area contributed by atoms with Crippen LogP contribution in [0.2, 0.25) is 5.02 Å². The van der Waals surface area contributed by atoms with E-state index in [1.54, 1.807) is 6.07 Å². The lowest BCUT2D eigenvalue weighted by atomic mass is 10.2. The van der Waals surface area contributed by atoms with Gasteiger partial charge in [-0.1, -0.05) is 17.7 Å². The molecule has 0 aliphatic heterocycles. The molecule has 2 heterocycles. The van der Waals surface area contributed by atoms with Crippen LogP contribution in [0.3, 0.4) is 0 Å². The summed E-state index contributed by atoms with van der Waals surface area (Å²) in [6.45, 7) is 1.42. The van der Waals surface area contributed by atoms with Crippen LogP contribution in [-0.2, 0) is 7.05 Å². The Morgan fingerprint density at radius 2 is 1.86 bits per heavy atom. The van der Waals surface area contributed by atoms with Crippen molar-refractivity contribution in [2.75, 3.05) is 0 Å². The minimum absolute atomic E-state index is 0.00491. The highest BCUT2D eigenvalue weighted by atomic mass is 127. The molecule has 0 atom stereocenters. The zero-order chi connectivity index (χ0) is 26.8. The molecule has 5 rings (SSSR count). The second-order valence-electron chi connectivity index (χ2n) is 8.59. The van der Waals surface area contributed by atoms with Crippen molar-refractivity contribution in [1.29, 1.82) is 0 Å². The van der Waals surface area contributed by atoms with Crippen molar-refractivity contribution < 1.29 is 14.1 Å². The molecule has 1 aliphatic rings. The van der Waals surface area contributed by atoms with Gasteiger partial charge < -0.3 is 4.74 Å². The van der Waals surface area contributed by atoms with Gasteiger partial charge in [-0.3, -0.25) is 28.8 Å². The first-order valence-corrected chi connectivity index (χ1v) is 12.5. The number of nitrogens with zero attached hydrogens (tertiary/aromatic N) is 4. The SMILES string of the molecule is Cc1c(Oc2cccc([N+](=O)[O-])c2Cl)c2c(=O)n(C3CC3)c(=O)n(-c3ccc(I)cc3F)c2n(C)c1=O. The van der Waals surface area contributed by atoms with Crippen LogP contribution in [0.5, 0.6) is 11.5 Å². The fourth-order valence-corrected chi connectivity index (χ4v) is 4.94. The van der Waals surface area contributed by atoms with Crippen molar-refractivity contribution in [2.45, 2.75) is 25.8 Å². The standard InChI is InChI=1S/C24H17ClFIN4O6/c1-11-20(37-17-5-3-4-16(19(17)25)31(35)36)18-21(28(2)22(11)32)30(15-9-6-12(27)10-14(15)26)24(34)29(23(18)33)13-7-8-13/h3-6,9-10,13H,7-8H2,1-2H3. The number of pyridine rings is 1. The summed E-state index contributed by atoms with van der Waals surface area (Å²) in [5, 5.41) is 10.9. The second-order valence-corrected chi connectivity index (χ2v) is 10.2. The molecule has 0 saturated heterocycles. The Balaban J connectivity index is 1.94. The molecule has 10 nitrogen and oxygen atoms in total. The first-order chi connectivity index (χ1) is 17.5. The van der Waals surface area contributed by atoms with Gasteiger partial charge in [0.25, 0.3) is 16.8 Å². The summed E-state index contributed by atoms with van der Waals surface area (Å²) in [6.07, 6.45) is 1.15. The number of rotatable bonds is 5. The molecular formula is C24H17ClFIN4O6. The number of ether oxygens (including phenoxy) is 1. The van der Waals surface area contributed by atoms with E-state index in [0.29, 0.717) is 16.4 Å². The maximum absolute atomic E-state index is 15.2. The van der Waals surface area contributed by atoms with E-state index in [1.165, 1.54) is 44.3 Å². The number of hydrogen-bond acceptors (Lipinski definition) is 6. The summed E-state index contributed by atoms with van der Waals surface area (Å²) in [4.78, 5) is 51.3. The molecule has 0 amide bonds. The minimum atomic E-state index is -0.793. The molecular weight excluding hydrogens is 622 g/mol. The van der Waals surface area contributed by atoms with Crippen molar-refractivity contribution in [3.8, 4) is 17.2 Å². The Morgan fingerprint density at radius 1 is 1.16 bits per heavy atom. The largest absolute Gasteiger partial charge is 0.454 e. The van der Waals surface area contributed by atoms with Gasteiger partial charge in [-0.25, -0.2) is 13.8 Å². The number of aromatic nitrogens is 3. The van der Waals surface area contributed by atoms with Crippen molar-refractivity contribution in [3.05, 3.63) is 97.7 Å². The lowest BCUT2D eigenvalue weighted by Gasteiger charge is -2.20. The molecule has 190 valence electrons. The monoisotopic (exact) mass is 638 g/mol. The zero-order valence-corrected chi connectivity index (χ0v) is 22.2. The average Bonchev–Trinajstić information content (AvgIpc) is 3.67. The number of nitro benzene ring substituents is 1. The summed E-state index contributed by atoms with van der Waals surface area (Å²) >= 11 is 8.14. The molecule has 0 spiro atoms. The minimum Gasteiger partial charge on any atom is -0.454 e. The molecule has 13 heteroatoms. The van der Waals surface area contributed by atoms with Gasteiger partial charge in [0, 0.05) is 22.7 Å². The van der Waals surface area contributed by atoms with Crippen LogP contribution in [0.15, 0.2) is 50.8 Å². The van der Waals surface area contributed by atoms with Gasteiger partial charge in [-0.15, -0.1) is 0 Å². The first-order valence-electron chi connectivity index (χ1n) is 11.0. The Labute approximate surface area is 225 Å². The number of benzene rings is 2. The smallest absolute Gasteiger partial charge is 0.337 e.